The number of anilines is 1. The minimum Gasteiger partial charge on any atom is -0.495 e. The number of carbonyl (C=O) groups excluding carboxylic acids is 2. The highest BCUT2D eigenvalue weighted by molar-refractivity contribution is 7.92. The molecule has 1 atom stereocenters. The lowest BCUT2D eigenvalue weighted by Gasteiger charge is -2.33. The van der Waals surface area contributed by atoms with Crippen molar-refractivity contribution in [2.45, 2.75) is 32.4 Å². The van der Waals surface area contributed by atoms with E-state index in [-0.39, 0.29) is 35.3 Å². The van der Waals surface area contributed by atoms with Gasteiger partial charge in [-0.15, -0.1) is 0 Å². The molecule has 3 rings (SSSR count). The highest BCUT2D eigenvalue weighted by Crippen LogP contribution is 2.33. The average Bonchev–Trinajstić information content (AvgIpc) is 2.92. The molecule has 1 unspecified atom stereocenters. The standard InChI is InChI=1S/C29H34ClN3O5S/c1-4-17-31-29(35)26(18-22-11-7-5-8-12-22)32(20-23-13-9-6-10-14-23)28(34)21-33(39(3,36)37)25-19-24(30)15-16-27(25)38-2/h5-16,19,26H,4,17-18,20-21H2,1-3H3,(H,31,35). The number of halogens is 1. The highest BCUT2D eigenvalue weighted by Gasteiger charge is 2.33. The van der Waals surface area contributed by atoms with E-state index in [4.69, 9.17) is 16.3 Å². The Morgan fingerprint density at radius 1 is 0.974 bits per heavy atom. The van der Waals surface area contributed by atoms with E-state index in [0.717, 1.165) is 28.1 Å². The van der Waals surface area contributed by atoms with Crippen molar-refractivity contribution >= 4 is 39.1 Å². The van der Waals surface area contributed by atoms with Crippen LogP contribution in [0.15, 0.2) is 78.9 Å². The second kappa shape index (κ2) is 14.0. The summed E-state index contributed by atoms with van der Waals surface area (Å²) in [5.41, 5.74) is 1.81. The summed E-state index contributed by atoms with van der Waals surface area (Å²) in [6, 6.07) is 22.4. The maximum absolute atomic E-state index is 14.0. The lowest BCUT2D eigenvalue weighted by molar-refractivity contribution is -0.140. The number of rotatable bonds is 13. The average molecular weight is 572 g/mol. The molecule has 0 radical (unpaired) electrons. The minimum absolute atomic E-state index is 0.112. The summed E-state index contributed by atoms with van der Waals surface area (Å²) in [4.78, 5) is 29.0. The molecule has 0 heterocycles. The van der Waals surface area contributed by atoms with Gasteiger partial charge in [-0.25, -0.2) is 8.42 Å². The van der Waals surface area contributed by atoms with Crippen molar-refractivity contribution in [2.24, 2.45) is 0 Å². The molecule has 0 aliphatic rings. The van der Waals surface area contributed by atoms with Crippen LogP contribution in [0.5, 0.6) is 5.75 Å². The lowest BCUT2D eigenvalue weighted by Crippen LogP contribution is -2.53. The maximum atomic E-state index is 14.0. The van der Waals surface area contributed by atoms with Crippen molar-refractivity contribution in [1.82, 2.24) is 10.2 Å². The fourth-order valence-corrected chi connectivity index (χ4v) is 5.16. The molecule has 0 aromatic heterocycles. The van der Waals surface area contributed by atoms with Crippen LogP contribution in [0.25, 0.3) is 0 Å². The maximum Gasteiger partial charge on any atom is 0.244 e. The van der Waals surface area contributed by atoms with Crippen molar-refractivity contribution < 1.29 is 22.7 Å². The van der Waals surface area contributed by atoms with Crippen LogP contribution in [0.1, 0.15) is 24.5 Å². The Kier molecular flexibility index (Phi) is 10.8. The number of sulfonamides is 1. The Balaban J connectivity index is 2.06. The molecule has 10 heteroatoms. The first kappa shape index (κ1) is 30.0. The van der Waals surface area contributed by atoms with Crippen LogP contribution in [0.2, 0.25) is 5.02 Å². The molecule has 8 nitrogen and oxygen atoms in total. The van der Waals surface area contributed by atoms with Crippen molar-refractivity contribution in [1.29, 1.82) is 0 Å². The van der Waals surface area contributed by atoms with Crippen molar-refractivity contribution in [3.05, 3.63) is 95.0 Å². The molecule has 0 saturated carbocycles. The van der Waals surface area contributed by atoms with Crippen molar-refractivity contribution in [3.8, 4) is 5.75 Å². The Morgan fingerprint density at radius 3 is 2.15 bits per heavy atom. The van der Waals surface area contributed by atoms with E-state index in [1.54, 1.807) is 12.1 Å². The molecule has 0 aliphatic carbocycles. The number of carbonyl (C=O) groups is 2. The fraction of sp³-hybridized carbons (Fsp3) is 0.310. The van der Waals surface area contributed by atoms with Gasteiger partial charge in [0.1, 0.15) is 18.3 Å². The third kappa shape index (κ3) is 8.46. The summed E-state index contributed by atoms with van der Waals surface area (Å²) >= 11 is 6.18. The molecule has 0 spiro atoms. The first-order valence-corrected chi connectivity index (χ1v) is 14.8. The second-order valence-corrected chi connectivity index (χ2v) is 11.4. The zero-order valence-electron chi connectivity index (χ0n) is 22.3. The van der Waals surface area contributed by atoms with Crippen LogP contribution >= 0.6 is 11.6 Å². The number of amides is 2. The van der Waals surface area contributed by atoms with Crippen LogP contribution in [-0.4, -0.2) is 57.6 Å². The normalized spacial score (nSPS) is 11.9. The molecule has 0 saturated heterocycles. The highest BCUT2D eigenvalue weighted by atomic mass is 35.5. The first-order valence-electron chi connectivity index (χ1n) is 12.6. The van der Waals surface area contributed by atoms with Gasteiger partial charge in [-0.2, -0.15) is 0 Å². The van der Waals surface area contributed by atoms with Gasteiger partial charge in [0, 0.05) is 24.5 Å². The van der Waals surface area contributed by atoms with Gasteiger partial charge in [-0.1, -0.05) is 79.2 Å². The smallest absolute Gasteiger partial charge is 0.244 e. The molecule has 208 valence electrons. The molecule has 2 amide bonds. The zero-order valence-corrected chi connectivity index (χ0v) is 23.9. The Morgan fingerprint density at radius 2 is 1.59 bits per heavy atom. The summed E-state index contributed by atoms with van der Waals surface area (Å²) in [5.74, 6) is -0.608. The molecule has 0 aliphatic heterocycles. The quantitative estimate of drug-likeness (QED) is 0.330. The molecule has 3 aromatic rings. The van der Waals surface area contributed by atoms with Crippen LogP contribution in [0.4, 0.5) is 5.69 Å². The summed E-state index contributed by atoms with van der Waals surface area (Å²) in [6.07, 6.45) is 2.00. The predicted molar refractivity (Wildman–Crippen MR) is 154 cm³/mol. The lowest BCUT2D eigenvalue weighted by atomic mass is 10.0. The van der Waals surface area contributed by atoms with E-state index in [2.05, 4.69) is 5.32 Å². The number of nitrogens with one attached hydrogen (secondary N) is 1. The van der Waals surface area contributed by atoms with Crippen molar-refractivity contribution in [2.75, 3.05) is 30.8 Å². The van der Waals surface area contributed by atoms with Gasteiger partial charge in [-0.05, 0) is 35.7 Å². The van der Waals surface area contributed by atoms with E-state index in [9.17, 15) is 18.0 Å². The first-order chi connectivity index (χ1) is 18.6. The van der Waals surface area contributed by atoms with Gasteiger partial charge < -0.3 is 15.0 Å². The summed E-state index contributed by atoms with van der Waals surface area (Å²) in [7, 11) is -2.53. The second-order valence-electron chi connectivity index (χ2n) is 9.09. The fourth-order valence-electron chi connectivity index (χ4n) is 4.15. The summed E-state index contributed by atoms with van der Waals surface area (Å²) in [6.45, 7) is 1.96. The van der Waals surface area contributed by atoms with E-state index in [1.807, 2.05) is 67.6 Å². The number of ether oxygens (including phenoxy) is 1. The predicted octanol–water partition coefficient (Wildman–Crippen LogP) is 4.28. The van der Waals surface area contributed by atoms with E-state index < -0.39 is 28.5 Å². The number of benzene rings is 3. The van der Waals surface area contributed by atoms with Gasteiger partial charge in [-0.3, -0.25) is 13.9 Å². The molecule has 0 bridgehead atoms. The molecule has 0 fully saturated rings. The zero-order chi connectivity index (χ0) is 28.4. The Bertz CT molecular complexity index is 1350. The molecule has 1 N–H and O–H groups in total. The van der Waals surface area contributed by atoms with Gasteiger partial charge >= 0.3 is 0 Å². The van der Waals surface area contributed by atoms with Crippen LogP contribution in [0.3, 0.4) is 0 Å². The van der Waals surface area contributed by atoms with Crippen LogP contribution in [0, 0.1) is 0 Å². The Hall–Kier alpha value is -3.56. The van der Waals surface area contributed by atoms with E-state index in [0.29, 0.717) is 6.54 Å². The monoisotopic (exact) mass is 571 g/mol. The van der Waals surface area contributed by atoms with Gasteiger partial charge in [0.05, 0.1) is 19.1 Å². The van der Waals surface area contributed by atoms with Crippen molar-refractivity contribution in [3.63, 3.8) is 0 Å². The number of nitrogens with zero attached hydrogens (tertiary/aromatic N) is 2. The SMILES string of the molecule is CCCNC(=O)C(Cc1ccccc1)N(Cc1ccccc1)C(=O)CN(c1cc(Cl)ccc1OC)S(C)(=O)=O. The molecular weight excluding hydrogens is 538 g/mol. The largest absolute Gasteiger partial charge is 0.495 e. The van der Waals surface area contributed by atoms with Crippen LogP contribution in [-0.2, 0) is 32.6 Å². The molecular formula is C29H34ClN3O5S. The minimum atomic E-state index is -3.94. The summed E-state index contributed by atoms with van der Waals surface area (Å²) < 4.78 is 32.2. The Labute approximate surface area is 235 Å². The molecule has 39 heavy (non-hydrogen) atoms. The number of hydrogen-bond donors (Lipinski definition) is 1. The van der Waals surface area contributed by atoms with Gasteiger partial charge in [0.15, 0.2) is 0 Å². The molecule has 3 aromatic carbocycles. The summed E-state index contributed by atoms with van der Waals surface area (Å²) in [5, 5.41) is 3.20. The third-order valence-corrected chi connectivity index (χ3v) is 7.47. The van der Waals surface area contributed by atoms with E-state index in [1.165, 1.54) is 18.1 Å². The third-order valence-electron chi connectivity index (χ3n) is 6.10. The topological polar surface area (TPSA) is 96.0 Å². The van der Waals surface area contributed by atoms with Crippen LogP contribution < -0.4 is 14.4 Å². The number of hydrogen-bond acceptors (Lipinski definition) is 5. The van der Waals surface area contributed by atoms with E-state index >= 15 is 0 Å². The van der Waals surface area contributed by atoms with Gasteiger partial charge in [0.25, 0.3) is 0 Å². The number of methoxy groups -OCH3 is 1. The van der Waals surface area contributed by atoms with Gasteiger partial charge in [0.2, 0.25) is 21.8 Å².